The van der Waals surface area contributed by atoms with Gasteiger partial charge in [-0.25, -0.2) is 0 Å². The molecular formula is C21H34N4O. The fourth-order valence-corrected chi connectivity index (χ4v) is 3.18. The fourth-order valence-electron chi connectivity index (χ4n) is 3.18. The minimum absolute atomic E-state index is 0.119. The van der Waals surface area contributed by atoms with Crippen LogP contribution in [0.15, 0.2) is 47.5 Å². The van der Waals surface area contributed by atoms with Crippen LogP contribution in [0.3, 0.4) is 0 Å². The monoisotopic (exact) mass is 358 g/mol. The molecule has 0 amide bonds. The van der Waals surface area contributed by atoms with Gasteiger partial charge in [0, 0.05) is 32.7 Å². The van der Waals surface area contributed by atoms with Gasteiger partial charge in [-0.05, 0) is 38.3 Å². The molecule has 1 atom stereocenters. The van der Waals surface area contributed by atoms with Crippen LogP contribution in [-0.4, -0.2) is 56.2 Å². The largest absolute Gasteiger partial charge is 0.489 e. The number of ether oxygens (including phenoxy) is 1. The van der Waals surface area contributed by atoms with Crippen molar-refractivity contribution in [2.45, 2.75) is 45.3 Å². The standard InChI is InChI=1S/C21H34N4O/c1-5-19(26-20-9-7-6-8-10-20)15-23-21(22-4)24-18-11-13-25(14-12-18)16-17(2)3/h6-10,18-19H,2,5,11-16H2,1,3-4H3,(H2,22,23,24). The Hall–Kier alpha value is -2.01. The van der Waals surface area contributed by atoms with Gasteiger partial charge in [-0.3, -0.25) is 9.89 Å². The Morgan fingerprint density at radius 2 is 2.00 bits per heavy atom. The molecule has 1 heterocycles. The van der Waals surface area contributed by atoms with E-state index in [1.165, 1.54) is 5.57 Å². The number of rotatable bonds is 8. The molecule has 5 heteroatoms. The summed E-state index contributed by atoms with van der Waals surface area (Å²) in [5.41, 5.74) is 1.23. The van der Waals surface area contributed by atoms with E-state index in [4.69, 9.17) is 4.74 Å². The number of hydrogen-bond donors (Lipinski definition) is 2. The quantitative estimate of drug-likeness (QED) is 0.426. The normalized spacial score (nSPS) is 17.6. The van der Waals surface area contributed by atoms with Crippen molar-refractivity contribution in [2.75, 3.05) is 33.2 Å². The molecule has 2 N–H and O–H groups in total. The number of benzene rings is 1. The van der Waals surface area contributed by atoms with Crippen molar-refractivity contribution in [3.63, 3.8) is 0 Å². The second kappa shape index (κ2) is 10.9. The third kappa shape index (κ3) is 7.08. The molecule has 0 aromatic heterocycles. The van der Waals surface area contributed by atoms with Crippen LogP contribution in [0.4, 0.5) is 0 Å². The summed E-state index contributed by atoms with van der Waals surface area (Å²) in [5.74, 6) is 1.77. The third-order valence-corrected chi connectivity index (χ3v) is 4.64. The van der Waals surface area contributed by atoms with Crippen molar-refractivity contribution in [1.82, 2.24) is 15.5 Å². The topological polar surface area (TPSA) is 48.9 Å². The van der Waals surface area contributed by atoms with Gasteiger partial charge in [0.15, 0.2) is 5.96 Å². The summed E-state index contributed by atoms with van der Waals surface area (Å²) in [5, 5.41) is 6.97. The van der Waals surface area contributed by atoms with E-state index in [2.05, 4.69) is 41.0 Å². The molecule has 1 saturated heterocycles. The zero-order valence-electron chi connectivity index (χ0n) is 16.5. The average Bonchev–Trinajstić information content (AvgIpc) is 2.65. The summed E-state index contributed by atoms with van der Waals surface area (Å²) in [4.78, 5) is 6.84. The van der Waals surface area contributed by atoms with E-state index < -0.39 is 0 Å². The minimum atomic E-state index is 0.119. The molecule has 5 nitrogen and oxygen atoms in total. The van der Waals surface area contributed by atoms with Gasteiger partial charge in [0.25, 0.3) is 0 Å². The molecule has 2 rings (SSSR count). The van der Waals surface area contributed by atoms with Gasteiger partial charge in [0.1, 0.15) is 11.9 Å². The van der Waals surface area contributed by atoms with E-state index in [1.807, 2.05) is 37.4 Å². The number of likely N-dealkylation sites (tertiary alicyclic amines) is 1. The Morgan fingerprint density at radius 1 is 1.31 bits per heavy atom. The van der Waals surface area contributed by atoms with Crippen molar-refractivity contribution in [2.24, 2.45) is 4.99 Å². The predicted molar refractivity (Wildman–Crippen MR) is 110 cm³/mol. The summed E-state index contributed by atoms with van der Waals surface area (Å²) in [6.45, 7) is 12.2. The van der Waals surface area contributed by atoms with Crippen LogP contribution in [0.2, 0.25) is 0 Å². The van der Waals surface area contributed by atoms with Crippen LogP contribution in [-0.2, 0) is 0 Å². The Balaban J connectivity index is 1.74. The highest BCUT2D eigenvalue weighted by atomic mass is 16.5. The Bertz CT molecular complexity index is 565. The number of para-hydroxylation sites is 1. The van der Waals surface area contributed by atoms with Gasteiger partial charge in [-0.2, -0.15) is 0 Å². The summed E-state index contributed by atoms with van der Waals surface area (Å²) in [7, 11) is 1.82. The van der Waals surface area contributed by atoms with Crippen LogP contribution < -0.4 is 15.4 Å². The van der Waals surface area contributed by atoms with Crippen LogP contribution in [0, 0.1) is 0 Å². The lowest BCUT2D eigenvalue weighted by Crippen LogP contribution is -2.50. The Morgan fingerprint density at radius 3 is 2.58 bits per heavy atom. The zero-order valence-corrected chi connectivity index (χ0v) is 16.5. The smallest absolute Gasteiger partial charge is 0.191 e. The highest BCUT2D eigenvalue weighted by Crippen LogP contribution is 2.13. The molecule has 1 unspecified atom stereocenters. The third-order valence-electron chi connectivity index (χ3n) is 4.64. The van der Waals surface area contributed by atoms with Gasteiger partial charge in [0.05, 0.1) is 6.54 Å². The highest BCUT2D eigenvalue weighted by molar-refractivity contribution is 5.80. The minimum Gasteiger partial charge on any atom is -0.489 e. The molecule has 0 aliphatic carbocycles. The highest BCUT2D eigenvalue weighted by Gasteiger charge is 2.20. The first-order valence-electron chi connectivity index (χ1n) is 9.66. The van der Waals surface area contributed by atoms with Crippen molar-refractivity contribution in [1.29, 1.82) is 0 Å². The molecule has 0 bridgehead atoms. The first kappa shape index (κ1) is 20.3. The zero-order chi connectivity index (χ0) is 18.8. The molecule has 1 fully saturated rings. The van der Waals surface area contributed by atoms with Gasteiger partial charge in [-0.15, -0.1) is 0 Å². The Labute approximate surface area is 158 Å². The van der Waals surface area contributed by atoms with E-state index in [9.17, 15) is 0 Å². The van der Waals surface area contributed by atoms with Gasteiger partial charge in [-0.1, -0.05) is 37.3 Å². The molecule has 1 aromatic rings. The second-order valence-electron chi connectivity index (χ2n) is 7.07. The number of nitrogens with zero attached hydrogens (tertiary/aromatic N) is 2. The molecule has 1 aromatic carbocycles. The van der Waals surface area contributed by atoms with E-state index in [0.29, 0.717) is 6.04 Å². The number of aliphatic imine (C=N–C) groups is 1. The van der Waals surface area contributed by atoms with Gasteiger partial charge < -0.3 is 15.4 Å². The van der Waals surface area contributed by atoms with E-state index >= 15 is 0 Å². The molecule has 26 heavy (non-hydrogen) atoms. The summed E-state index contributed by atoms with van der Waals surface area (Å²) in [6, 6.07) is 10.5. The van der Waals surface area contributed by atoms with Gasteiger partial charge in [0.2, 0.25) is 0 Å². The number of nitrogens with one attached hydrogen (secondary N) is 2. The van der Waals surface area contributed by atoms with Crippen molar-refractivity contribution < 1.29 is 4.74 Å². The molecule has 1 aliphatic rings. The first-order chi connectivity index (χ1) is 12.6. The molecule has 144 valence electrons. The lowest BCUT2D eigenvalue weighted by molar-refractivity contribution is 0.198. The molecule has 1 aliphatic heterocycles. The second-order valence-corrected chi connectivity index (χ2v) is 7.07. The maximum atomic E-state index is 6.04. The van der Waals surface area contributed by atoms with Crippen molar-refractivity contribution >= 4 is 5.96 Å². The van der Waals surface area contributed by atoms with Crippen LogP contribution in [0.1, 0.15) is 33.1 Å². The average molecular weight is 359 g/mol. The number of piperidine rings is 1. The fraction of sp³-hybridized carbons (Fsp3) is 0.571. The van der Waals surface area contributed by atoms with Gasteiger partial charge >= 0.3 is 0 Å². The van der Waals surface area contributed by atoms with Crippen LogP contribution >= 0.6 is 0 Å². The predicted octanol–water partition coefficient (Wildman–Crippen LogP) is 3.05. The summed E-state index contributed by atoms with van der Waals surface area (Å²) < 4.78 is 6.04. The van der Waals surface area contributed by atoms with E-state index in [0.717, 1.165) is 57.2 Å². The number of guanidine groups is 1. The lowest BCUT2D eigenvalue weighted by Gasteiger charge is -2.33. The maximum Gasteiger partial charge on any atom is 0.191 e. The van der Waals surface area contributed by atoms with Crippen LogP contribution in [0.25, 0.3) is 0 Å². The van der Waals surface area contributed by atoms with E-state index in [-0.39, 0.29) is 6.10 Å². The maximum absolute atomic E-state index is 6.04. The van der Waals surface area contributed by atoms with Crippen molar-refractivity contribution in [3.8, 4) is 5.75 Å². The number of hydrogen-bond acceptors (Lipinski definition) is 3. The Kier molecular flexibility index (Phi) is 8.48. The van der Waals surface area contributed by atoms with E-state index in [1.54, 1.807) is 0 Å². The lowest BCUT2D eigenvalue weighted by atomic mass is 10.0. The first-order valence-corrected chi connectivity index (χ1v) is 9.66. The van der Waals surface area contributed by atoms with Crippen molar-refractivity contribution in [3.05, 3.63) is 42.5 Å². The molecule has 0 saturated carbocycles. The molecule has 0 radical (unpaired) electrons. The molecule has 0 spiro atoms. The molecular weight excluding hydrogens is 324 g/mol. The SMILES string of the molecule is C=C(C)CN1CCC(NC(=NC)NCC(CC)Oc2ccccc2)CC1. The summed E-state index contributed by atoms with van der Waals surface area (Å²) >= 11 is 0. The summed E-state index contributed by atoms with van der Waals surface area (Å²) in [6.07, 6.45) is 3.32. The van der Waals surface area contributed by atoms with Crippen LogP contribution in [0.5, 0.6) is 5.75 Å².